The van der Waals surface area contributed by atoms with E-state index in [-0.39, 0.29) is 16.4 Å². The van der Waals surface area contributed by atoms with E-state index in [9.17, 15) is 26.9 Å². The third-order valence-electron chi connectivity index (χ3n) is 3.87. The molecule has 0 saturated carbocycles. The molecule has 0 amide bonds. The third-order valence-corrected chi connectivity index (χ3v) is 7.33. The molecule has 1 N–H and O–H groups in total. The van der Waals surface area contributed by atoms with Gasteiger partial charge in [-0.25, -0.2) is 16.8 Å². The molecule has 0 aliphatic rings. The predicted octanol–water partition coefficient (Wildman–Crippen LogP) is 5.10. The molecule has 31 heavy (non-hydrogen) atoms. The molecule has 3 rings (SSSR count). The van der Waals surface area contributed by atoms with E-state index < -0.39 is 40.4 Å². The molecule has 0 aliphatic carbocycles. The number of nitro groups is 1. The molecule has 0 heterocycles. The van der Waals surface area contributed by atoms with Crippen molar-refractivity contribution >= 4 is 60.3 Å². The highest BCUT2D eigenvalue weighted by atomic mass is 35.5. The van der Waals surface area contributed by atoms with Crippen LogP contribution >= 0.6 is 23.2 Å². The maximum atomic E-state index is 12.7. The van der Waals surface area contributed by atoms with Crippen LogP contribution in [0.3, 0.4) is 0 Å². The van der Waals surface area contributed by atoms with Gasteiger partial charge in [0.15, 0.2) is 0 Å². The lowest BCUT2D eigenvalue weighted by molar-refractivity contribution is -0.387. The summed E-state index contributed by atoms with van der Waals surface area (Å²) in [5, 5.41) is 11.4. The average molecular weight is 501 g/mol. The molecule has 0 atom stereocenters. The van der Waals surface area contributed by atoms with Crippen molar-refractivity contribution in [3.05, 3.63) is 91.6 Å². The Bertz CT molecular complexity index is 1360. The van der Waals surface area contributed by atoms with Crippen LogP contribution in [0, 0.1) is 10.1 Å². The van der Waals surface area contributed by atoms with Gasteiger partial charge in [-0.15, -0.1) is 5.69 Å². The van der Waals surface area contributed by atoms with E-state index in [4.69, 9.17) is 23.2 Å². The van der Waals surface area contributed by atoms with E-state index in [1.807, 2.05) is 0 Å². The summed E-state index contributed by atoms with van der Waals surface area (Å²) in [6, 6.07) is 13.8. The standard InChI is InChI=1S/C18H12Cl2N3O6S2/c19-12-5-7-13(8-6-12)21-31(28,29)18-11-14(9-10-15(18)20)22-30(26,27)17-4-2-1-3-16(17)23(24)25/h1-11,21H/q-1. The van der Waals surface area contributed by atoms with Gasteiger partial charge >= 0.3 is 0 Å². The van der Waals surface area contributed by atoms with Crippen molar-refractivity contribution in [1.82, 2.24) is 0 Å². The van der Waals surface area contributed by atoms with Crippen LogP contribution in [0.1, 0.15) is 0 Å². The van der Waals surface area contributed by atoms with Crippen molar-refractivity contribution in [2.75, 3.05) is 4.72 Å². The van der Waals surface area contributed by atoms with Crippen LogP contribution in [0.2, 0.25) is 10.0 Å². The van der Waals surface area contributed by atoms with Crippen LogP contribution < -0.4 is 4.72 Å². The normalized spacial score (nSPS) is 11.7. The number of hydrogen-bond acceptors (Lipinski definition) is 6. The zero-order valence-corrected chi connectivity index (χ0v) is 18.4. The van der Waals surface area contributed by atoms with Gasteiger partial charge in [-0.3, -0.25) is 14.8 Å². The number of para-hydroxylation sites is 1. The van der Waals surface area contributed by atoms with Crippen LogP contribution in [-0.4, -0.2) is 21.8 Å². The van der Waals surface area contributed by atoms with Crippen molar-refractivity contribution < 1.29 is 21.8 Å². The average Bonchev–Trinajstić information content (AvgIpc) is 2.70. The van der Waals surface area contributed by atoms with Crippen molar-refractivity contribution in [3.8, 4) is 0 Å². The summed E-state index contributed by atoms with van der Waals surface area (Å²) in [5.74, 6) is 0. The summed E-state index contributed by atoms with van der Waals surface area (Å²) in [6.45, 7) is 0. The summed E-state index contributed by atoms with van der Waals surface area (Å²) in [4.78, 5) is 9.23. The first-order chi connectivity index (χ1) is 14.5. The maximum absolute atomic E-state index is 12.7. The number of nitro benzene ring substituents is 1. The molecular formula is C18H12Cl2N3O6S2-. The summed E-state index contributed by atoms with van der Waals surface area (Å²) in [5.41, 5.74) is -0.730. The Labute approximate surface area is 187 Å². The SMILES string of the molecule is O=[N+]([O-])c1ccccc1S(=O)(=O)[N-]c1ccc(Cl)c(S(=O)(=O)Nc2ccc(Cl)cc2)c1. The van der Waals surface area contributed by atoms with Crippen LogP contribution in [0.5, 0.6) is 0 Å². The van der Waals surface area contributed by atoms with E-state index in [0.29, 0.717) is 5.02 Å². The Morgan fingerprint density at radius 1 is 0.871 bits per heavy atom. The van der Waals surface area contributed by atoms with Crippen LogP contribution in [0.15, 0.2) is 76.5 Å². The Morgan fingerprint density at radius 2 is 1.52 bits per heavy atom. The van der Waals surface area contributed by atoms with E-state index in [2.05, 4.69) is 9.44 Å². The van der Waals surface area contributed by atoms with Gasteiger partial charge in [0.1, 0.15) is 19.8 Å². The quantitative estimate of drug-likeness (QED) is 0.353. The number of nitrogens with zero attached hydrogens (tertiary/aromatic N) is 2. The molecule has 0 spiro atoms. The number of sulfonamides is 2. The highest BCUT2D eigenvalue weighted by molar-refractivity contribution is 7.94. The topological polar surface area (TPSA) is 138 Å². The lowest BCUT2D eigenvalue weighted by atomic mass is 10.3. The molecule has 0 unspecified atom stereocenters. The smallest absolute Gasteiger partial charge is 0.286 e. The highest BCUT2D eigenvalue weighted by Gasteiger charge is 2.21. The van der Waals surface area contributed by atoms with Gasteiger partial charge in [-0.1, -0.05) is 47.5 Å². The van der Waals surface area contributed by atoms with Gasteiger partial charge < -0.3 is 4.72 Å². The second kappa shape index (κ2) is 8.71. The minimum absolute atomic E-state index is 0.177. The van der Waals surface area contributed by atoms with Gasteiger partial charge in [-0.05, 0) is 36.4 Å². The fourth-order valence-electron chi connectivity index (χ4n) is 2.50. The Morgan fingerprint density at radius 3 is 2.16 bits per heavy atom. The minimum Gasteiger partial charge on any atom is -0.572 e. The minimum atomic E-state index is -4.52. The lowest BCUT2D eigenvalue weighted by Crippen LogP contribution is -2.13. The van der Waals surface area contributed by atoms with E-state index >= 15 is 0 Å². The number of nitrogens with one attached hydrogen (secondary N) is 1. The summed E-state index contributed by atoms with van der Waals surface area (Å²) >= 11 is 11.8. The van der Waals surface area contributed by atoms with Crippen LogP contribution in [0.4, 0.5) is 17.1 Å². The van der Waals surface area contributed by atoms with Gasteiger partial charge in [0.25, 0.3) is 15.7 Å². The molecule has 0 saturated heterocycles. The molecule has 0 aromatic heterocycles. The van der Waals surface area contributed by atoms with Crippen molar-refractivity contribution in [2.24, 2.45) is 0 Å². The molecule has 13 heteroatoms. The highest BCUT2D eigenvalue weighted by Crippen LogP contribution is 2.36. The van der Waals surface area contributed by atoms with Gasteiger partial charge in [0.2, 0.25) is 0 Å². The Balaban J connectivity index is 1.96. The molecule has 3 aromatic rings. The van der Waals surface area contributed by atoms with E-state index in [1.54, 1.807) is 0 Å². The summed E-state index contributed by atoms with van der Waals surface area (Å²) in [7, 11) is -8.73. The monoisotopic (exact) mass is 500 g/mol. The van der Waals surface area contributed by atoms with Crippen LogP contribution in [-0.2, 0) is 20.0 Å². The zero-order chi connectivity index (χ0) is 22.8. The molecule has 162 valence electrons. The van der Waals surface area contributed by atoms with Gasteiger partial charge in [0, 0.05) is 16.8 Å². The molecule has 9 nitrogen and oxygen atoms in total. The molecule has 3 aromatic carbocycles. The Hall–Kier alpha value is -2.86. The van der Waals surface area contributed by atoms with Crippen molar-refractivity contribution in [1.29, 1.82) is 0 Å². The number of rotatable bonds is 7. The summed E-state index contributed by atoms with van der Waals surface area (Å²) < 4.78 is 56.5. The first kappa shape index (κ1) is 22.8. The molecule has 0 bridgehead atoms. The van der Waals surface area contributed by atoms with Gasteiger partial charge in [0.05, 0.1) is 9.95 Å². The third kappa shape index (κ3) is 5.25. The second-order valence-electron chi connectivity index (χ2n) is 6.02. The van der Waals surface area contributed by atoms with E-state index in [1.165, 1.54) is 42.5 Å². The number of hydrogen-bond donors (Lipinski definition) is 1. The first-order valence-electron chi connectivity index (χ1n) is 8.29. The number of anilines is 1. The maximum Gasteiger partial charge on any atom is 0.286 e. The fourth-order valence-corrected chi connectivity index (χ4v) is 5.35. The number of halogens is 2. The molecular weight excluding hydrogens is 489 g/mol. The Kier molecular flexibility index (Phi) is 6.41. The molecule has 0 aliphatic heterocycles. The molecule has 0 radical (unpaired) electrons. The first-order valence-corrected chi connectivity index (χ1v) is 12.0. The fraction of sp³-hybridized carbons (Fsp3) is 0. The van der Waals surface area contributed by atoms with Crippen LogP contribution in [0.25, 0.3) is 4.72 Å². The predicted molar refractivity (Wildman–Crippen MR) is 117 cm³/mol. The van der Waals surface area contributed by atoms with Gasteiger partial charge in [-0.2, -0.15) is 0 Å². The largest absolute Gasteiger partial charge is 0.572 e. The molecule has 0 fully saturated rings. The van der Waals surface area contributed by atoms with E-state index in [0.717, 1.165) is 24.3 Å². The summed E-state index contributed by atoms with van der Waals surface area (Å²) in [6.07, 6.45) is 0. The van der Waals surface area contributed by atoms with Crippen molar-refractivity contribution in [3.63, 3.8) is 0 Å². The van der Waals surface area contributed by atoms with Crippen molar-refractivity contribution in [2.45, 2.75) is 9.79 Å². The second-order valence-corrected chi connectivity index (χ2v) is 10.1. The zero-order valence-electron chi connectivity index (χ0n) is 15.3. The number of benzene rings is 3. The lowest BCUT2D eigenvalue weighted by Gasteiger charge is -2.23.